The van der Waals surface area contributed by atoms with Crippen LogP contribution in [0.1, 0.15) is 37.7 Å². The molecule has 5 heteroatoms. The molecule has 4 heterocycles. The molecule has 5 nitrogen and oxygen atoms in total. The number of carbonyl (C=O) groups is 1. The van der Waals surface area contributed by atoms with E-state index in [1.165, 1.54) is 31.2 Å². The van der Waals surface area contributed by atoms with Gasteiger partial charge >= 0.3 is 0 Å². The molecule has 1 aromatic carbocycles. The summed E-state index contributed by atoms with van der Waals surface area (Å²) >= 11 is 0. The smallest absolute Gasteiger partial charge is 0.227 e. The third-order valence-corrected chi connectivity index (χ3v) is 6.63. The number of carbonyl (C=O) groups excluding carboxylic acids is 1. The fourth-order valence-electron chi connectivity index (χ4n) is 4.93. The van der Waals surface area contributed by atoms with Gasteiger partial charge in [0.1, 0.15) is 0 Å². The summed E-state index contributed by atoms with van der Waals surface area (Å²) in [5, 5.41) is 4.34. The second-order valence-corrected chi connectivity index (χ2v) is 8.53. The van der Waals surface area contributed by atoms with E-state index in [4.69, 9.17) is 0 Å². The number of nitrogens with zero attached hydrogens (tertiary/aromatic N) is 4. The standard InChI is InChI=1S/C22H28N4O/c27-22-19-8-9-21(25(22)14-17-4-1-5-17)16-24(15-19)13-18-6-2-7-20(12-18)26-11-3-10-23-26/h2-3,6-7,10-12,17,19,21H,1,4-5,8-9,13-16H2/t19-,21+/m0/s1. The topological polar surface area (TPSA) is 41.4 Å². The number of amides is 1. The van der Waals surface area contributed by atoms with Crippen molar-refractivity contribution in [2.75, 3.05) is 19.6 Å². The molecule has 27 heavy (non-hydrogen) atoms. The average Bonchev–Trinajstić information content (AvgIpc) is 3.06. The van der Waals surface area contributed by atoms with Gasteiger partial charge in [-0.2, -0.15) is 5.10 Å². The van der Waals surface area contributed by atoms with E-state index in [0.717, 1.165) is 44.2 Å². The third kappa shape index (κ3) is 3.41. The van der Waals surface area contributed by atoms with Gasteiger partial charge in [0.2, 0.25) is 5.91 Å². The molecule has 0 spiro atoms. The SMILES string of the molecule is O=C1[C@H]2CC[C@H](CN(Cc3cccc(-n4cccn4)c3)C2)N1CC1CCC1. The van der Waals surface area contributed by atoms with E-state index in [1.807, 2.05) is 23.1 Å². The molecule has 2 aromatic rings. The van der Waals surface area contributed by atoms with Crippen LogP contribution in [0.15, 0.2) is 42.7 Å². The summed E-state index contributed by atoms with van der Waals surface area (Å²) in [5.74, 6) is 1.37. The molecule has 142 valence electrons. The van der Waals surface area contributed by atoms with Crippen molar-refractivity contribution in [3.63, 3.8) is 0 Å². The summed E-state index contributed by atoms with van der Waals surface area (Å²) in [6, 6.07) is 11.0. The maximum Gasteiger partial charge on any atom is 0.227 e. The Morgan fingerprint density at radius 2 is 2.00 bits per heavy atom. The van der Waals surface area contributed by atoms with Crippen LogP contribution in [-0.2, 0) is 11.3 Å². The first-order valence-electron chi connectivity index (χ1n) is 10.4. The lowest BCUT2D eigenvalue weighted by molar-refractivity contribution is -0.141. The zero-order chi connectivity index (χ0) is 18.2. The predicted octanol–water partition coefficient (Wildman–Crippen LogP) is 3.10. The predicted molar refractivity (Wildman–Crippen MR) is 104 cm³/mol. The lowest BCUT2D eigenvalue weighted by Crippen LogP contribution is -2.50. The van der Waals surface area contributed by atoms with Gasteiger partial charge in [0, 0.05) is 44.6 Å². The fraction of sp³-hybridized carbons (Fsp3) is 0.545. The van der Waals surface area contributed by atoms with Crippen molar-refractivity contribution in [1.82, 2.24) is 19.6 Å². The van der Waals surface area contributed by atoms with Crippen LogP contribution in [0.4, 0.5) is 0 Å². The molecule has 2 atom stereocenters. The molecule has 1 amide bonds. The summed E-state index contributed by atoms with van der Waals surface area (Å²) in [4.78, 5) is 17.7. The first kappa shape index (κ1) is 17.0. The number of aromatic nitrogens is 2. The zero-order valence-corrected chi connectivity index (χ0v) is 15.8. The highest BCUT2D eigenvalue weighted by Crippen LogP contribution is 2.34. The Kier molecular flexibility index (Phi) is 4.48. The second-order valence-electron chi connectivity index (χ2n) is 8.53. The first-order valence-corrected chi connectivity index (χ1v) is 10.4. The van der Waals surface area contributed by atoms with E-state index in [0.29, 0.717) is 11.9 Å². The minimum Gasteiger partial charge on any atom is -0.338 e. The van der Waals surface area contributed by atoms with Crippen LogP contribution in [0.2, 0.25) is 0 Å². The Morgan fingerprint density at radius 3 is 2.78 bits per heavy atom. The van der Waals surface area contributed by atoms with Crippen molar-refractivity contribution in [2.24, 2.45) is 11.8 Å². The second kappa shape index (κ2) is 7.12. The van der Waals surface area contributed by atoms with E-state index in [9.17, 15) is 4.79 Å². The number of hydrogen-bond donors (Lipinski definition) is 0. The molecule has 1 aliphatic carbocycles. The zero-order valence-electron chi connectivity index (χ0n) is 15.8. The molecular formula is C22H28N4O. The molecule has 0 N–H and O–H groups in total. The Balaban J connectivity index is 1.30. The highest BCUT2D eigenvalue weighted by atomic mass is 16.2. The van der Waals surface area contributed by atoms with Crippen LogP contribution in [0.25, 0.3) is 5.69 Å². The molecule has 3 saturated heterocycles. The third-order valence-electron chi connectivity index (χ3n) is 6.63. The van der Waals surface area contributed by atoms with Crippen molar-refractivity contribution in [1.29, 1.82) is 0 Å². The number of rotatable bonds is 5. The molecule has 0 radical (unpaired) electrons. The largest absolute Gasteiger partial charge is 0.338 e. The van der Waals surface area contributed by atoms with Crippen LogP contribution in [0, 0.1) is 11.8 Å². The molecule has 3 aliphatic heterocycles. The van der Waals surface area contributed by atoms with Gasteiger partial charge in [0.25, 0.3) is 0 Å². The molecule has 0 unspecified atom stereocenters. The van der Waals surface area contributed by atoms with Crippen molar-refractivity contribution in [3.05, 3.63) is 48.3 Å². The minimum absolute atomic E-state index is 0.193. The molecule has 6 rings (SSSR count). The van der Waals surface area contributed by atoms with Crippen molar-refractivity contribution >= 4 is 5.91 Å². The van der Waals surface area contributed by atoms with Gasteiger partial charge in [-0.05, 0) is 55.4 Å². The molecule has 1 aromatic heterocycles. The quantitative estimate of drug-likeness (QED) is 0.819. The monoisotopic (exact) mass is 364 g/mol. The Hall–Kier alpha value is -2.14. The lowest BCUT2D eigenvalue weighted by Gasteiger charge is -2.40. The number of fused-ring (bicyclic) bond motifs is 4. The van der Waals surface area contributed by atoms with E-state index >= 15 is 0 Å². The summed E-state index contributed by atoms with van der Waals surface area (Å²) in [6.07, 6.45) is 9.99. The molecule has 1 saturated carbocycles. The van der Waals surface area contributed by atoms with E-state index in [2.05, 4.69) is 39.2 Å². The maximum absolute atomic E-state index is 13.0. The Bertz CT molecular complexity index is 798. The van der Waals surface area contributed by atoms with Crippen molar-refractivity contribution < 1.29 is 4.79 Å². The Morgan fingerprint density at radius 1 is 1.07 bits per heavy atom. The van der Waals surface area contributed by atoms with Crippen LogP contribution in [0.5, 0.6) is 0 Å². The fourth-order valence-corrected chi connectivity index (χ4v) is 4.93. The van der Waals surface area contributed by atoms with Crippen LogP contribution in [0.3, 0.4) is 0 Å². The molecule has 2 bridgehead atoms. The Labute approximate surface area is 161 Å². The minimum atomic E-state index is 0.193. The highest BCUT2D eigenvalue weighted by molar-refractivity contribution is 5.80. The number of hydrogen-bond acceptors (Lipinski definition) is 3. The van der Waals surface area contributed by atoms with Gasteiger partial charge in [-0.25, -0.2) is 4.68 Å². The highest BCUT2D eigenvalue weighted by Gasteiger charge is 2.41. The van der Waals surface area contributed by atoms with Gasteiger partial charge < -0.3 is 4.90 Å². The normalized spacial score (nSPS) is 26.2. The lowest BCUT2D eigenvalue weighted by atomic mass is 9.83. The van der Waals surface area contributed by atoms with E-state index in [-0.39, 0.29) is 5.92 Å². The average molecular weight is 364 g/mol. The summed E-state index contributed by atoms with van der Waals surface area (Å²) in [5.41, 5.74) is 2.39. The van der Waals surface area contributed by atoms with E-state index in [1.54, 1.807) is 0 Å². The van der Waals surface area contributed by atoms with Gasteiger partial charge in [-0.1, -0.05) is 18.6 Å². The van der Waals surface area contributed by atoms with E-state index < -0.39 is 0 Å². The molecular weight excluding hydrogens is 336 g/mol. The van der Waals surface area contributed by atoms with Crippen LogP contribution >= 0.6 is 0 Å². The van der Waals surface area contributed by atoms with Crippen molar-refractivity contribution in [2.45, 2.75) is 44.7 Å². The van der Waals surface area contributed by atoms with Crippen LogP contribution < -0.4 is 0 Å². The van der Waals surface area contributed by atoms with Crippen LogP contribution in [-0.4, -0.2) is 51.2 Å². The van der Waals surface area contributed by atoms with Gasteiger partial charge in [0.15, 0.2) is 0 Å². The number of benzene rings is 1. The summed E-state index contributed by atoms with van der Waals surface area (Å²) in [6.45, 7) is 3.83. The summed E-state index contributed by atoms with van der Waals surface area (Å²) < 4.78 is 1.90. The maximum atomic E-state index is 13.0. The summed E-state index contributed by atoms with van der Waals surface area (Å²) in [7, 11) is 0. The van der Waals surface area contributed by atoms with Gasteiger partial charge in [-0.15, -0.1) is 0 Å². The molecule has 4 aliphatic rings. The van der Waals surface area contributed by atoms with Crippen molar-refractivity contribution in [3.8, 4) is 5.69 Å². The van der Waals surface area contributed by atoms with Gasteiger partial charge in [-0.3, -0.25) is 9.69 Å². The first-order chi connectivity index (χ1) is 13.3. The number of piperidine rings is 1. The van der Waals surface area contributed by atoms with Gasteiger partial charge in [0.05, 0.1) is 11.6 Å². The molecule has 4 fully saturated rings.